The third kappa shape index (κ3) is 3.63. The van der Waals surface area contributed by atoms with Gasteiger partial charge in [-0.05, 0) is 6.92 Å². The Morgan fingerprint density at radius 1 is 1.38 bits per heavy atom. The molecular formula is C11H19N5O3S2. The van der Waals surface area contributed by atoms with Crippen molar-refractivity contribution in [2.75, 3.05) is 50.0 Å². The maximum absolute atomic E-state index is 12.4. The molecule has 1 aliphatic heterocycles. The average molecular weight is 333 g/mol. The van der Waals surface area contributed by atoms with Gasteiger partial charge < -0.3 is 16.0 Å². The first kappa shape index (κ1) is 16.0. The number of carbonyl (C=O) groups is 1. The van der Waals surface area contributed by atoms with E-state index in [1.165, 1.54) is 21.9 Å². The van der Waals surface area contributed by atoms with Gasteiger partial charge in [-0.15, -0.1) is 0 Å². The number of piperazine rings is 1. The Bertz CT molecular complexity index is 620. The zero-order valence-electron chi connectivity index (χ0n) is 12.0. The monoisotopic (exact) mass is 333 g/mol. The number of amides is 1. The fraction of sp³-hybridized carbons (Fsp3) is 0.636. The van der Waals surface area contributed by atoms with E-state index in [1.54, 1.807) is 4.90 Å². The summed E-state index contributed by atoms with van der Waals surface area (Å²) in [5.41, 5.74) is 5.78. The summed E-state index contributed by atoms with van der Waals surface area (Å²) in [5.74, 6) is 0.0220. The highest BCUT2D eigenvalue weighted by molar-refractivity contribution is 7.88. The normalized spacial score (nSPS) is 17.0. The van der Waals surface area contributed by atoms with E-state index in [-0.39, 0.29) is 11.7 Å². The molecule has 0 aromatic carbocycles. The number of aromatic nitrogens is 1. The van der Waals surface area contributed by atoms with Crippen molar-refractivity contribution in [2.45, 2.75) is 6.92 Å². The number of carbonyl (C=O) groups excluding carboxylic acids is 1. The topological polar surface area (TPSA) is 109 Å². The highest BCUT2D eigenvalue weighted by atomic mass is 32.2. The molecule has 0 bridgehead atoms. The highest BCUT2D eigenvalue weighted by Gasteiger charge is 2.28. The second-order valence-electron chi connectivity index (χ2n) is 4.72. The van der Waals surface area contributed by atoms with Crippen molar-refractivity contribution in [1.29, 1.82) is 0 Å². The van der Waals surface area contributed by atoms with Crippen LogP contribution < -0.4 is 11.1 Å². The number of anilines is 2. The second kappa shape index (κ2) is 6.16. The average Bonchev–Trinajstić information content (AvgIpc) is 2.78. The molecule has 3 N–H and O–H groups in total. The lowest BCUT2D eigenvalue weighted by Crippen LogP contribution is -2.50. The zero-order chi connectivity index (χ0) is 15.6. The molecule has 0 radical (unpaired) electrons. The van der Waals surface area contributed by atoms with E-state index < -0.39 is 10.0 Å². The molecule has 0 aliphatic carbocycles. The van der Waals surface area contributed by atoms with Crippen molar-refractivity contribution in [1.82, 2.24) is 14.2 Å². The lowest BCUT2D eigenvalue weighted by molar-refractivity contribution is 0.0704. The second-order valence-corrected chi connectivity index (χ2v) is 7.70. The van der Waals surface area contributed by atoms with Crippen LogP contribution in [0.2, 0.25) is 0 Å². The smallest absolute Gasteiger partial charge is 0.267 e. The van der Waals surface area contributed by atoms with Crippen molar-refractivity contribution in [3.05, 3.63) is 4.88 Å². The molecule has 118 valence electrons. The summed E-state index contributed by atoms with van der Waals surface area (Å²) in [6.07, 6.45) is 1.17. The van der Waals surface area contributed by atoms with Gasteiger partial charge in [0.25, 0.3) is 5.91 Å². The van der Waals surface area contributed by atoms with Gasteiger partial charge in [0, 0.05) is 32.7 Å². The van der Waals surface area contributed by atoms with E-state index in [2.05, 4.69) is 10.3 Å². The molecule has 10 heteroatoms. The molecule has 1 saturated heterocycles. The number of nitrogens with one attached hydrogen (secondary N) is 1. The van der Waals surface area contributed by atoms with E-state index >= 15 is 0 Å². The number of nitrogens with zero attached hydrogens (tertiary/aromatic N) is 3. The third-order valence-corrected chi connectivity index (χ3v) is 5.49. The molecule has 2 rings (SSSR count). The molecule has 1 aliphatic rings. The molecule has 1 aromatic heterocycles. The van der Waals surface area contributed by atoms with Gasteiger partial charge in [-0.3, -0.25) is 4.79 Å². The van der Waals surface area contributed by atoms with Crippen LogP contribution in [0.4, 0.5) is 10.9 Å². The van der Waals surface area contributed by atoms with Crippen LogP contribution in [0.15, 0.2) is 0 Å². The fourth-order valence-corrected chi connectivity index (χ4v) is 3.83. The standard InChI is InChI=1S/C11H19N5O3S2/c1-3-13-11-14-9(12)8(20-11)10(17)15-4-6-16(7-5-15)21(2,18)19/h3-7,12H2,1-2H3,(H,13,14). The third-order valence-electron chi connectivity index (χ3n) is 3.17. The lowest BCUT2D eigenvalue weighted by Gasteiger charge is -2.32. The number of hydrogen-bond donors (Lipinski definition) is 2. The van der Waals surface area contributed by atoms with Gasteiger partial charge in [0.05, 0.1) is 6.26 Å². The maximum atomic E-state index is 12.4. The van der Waals surface area contributed by atoms with Crippen LogP contribution in [0.25, 0.3) is 0 Å². The van der Waals surface area contributed by atoms with E-state index in [4.69, 9.17) is 5.73 Å². The summed E-state index contributed by atoms with van der Waals surface area (Å²) >= 11 is 1.22. The van der Waals surface area contributed by atoms with Gasteiger partial charge >= 0.3 is 0 Å². The largest absolute Gasteiger partial charge is 0.382 e. The van der Waals surface area contributed by atoms with Crippen LogP contribution in [0.3, 0.4) is 0 Å². The van der Waals surface area contributed by atoms with Gasteiger partial charge in [0.2, 0.25) is 10.0 Å². The number of sulfonamides is 1. The minimum atomic E-state index is -3.20. The summed E-state index contributed by atoms with van der Waals surface area (Å²) in [4.78, 5) is 18.5. The summed E-state index contributed by atoms with van der Waals surface area (Å²) < 4.78 is 24.3. The number of rotatable bonds is 4. The van der Waals surface area contributed by atoms with Crippen LogP contribution in [-0.4, -0.2) is 67.5 Å². The summed E-state index contributed by atoms with van der Waals surface area (Å²) in [6.45, 7) is 3.98. The zero-order valence-corrected chi connectivity index (χ0v) is 13.6. The maximum Gasteiger partial charge on any atom is 0.267 e. The van der Waals surface area contributed by atoms with E-state index in [9.17, 15) is 13.2 Å². The Labute approximate surface area is 128 Å². The van der Waals surface area contributed by atoms with Crippen molar-refractivity contribution in [3.8, 4) is 0 Å². The molecule has 8 nitrogen and oxygen atoms in total. The van der Waals surface area contributed by atoms with Crippen LogP contribution in [0.1, 0.15) is 16.6 Å². The van der Waals surface area contributed by atoms with Crippen LogP contribution in [0.5, 0.6) is 0 Å². The Hall–Kier alpha value is -1.39. The first-order valence-electron chi connectivity index (χ1n) is 6.57. The van der Waals surface area contributed by atoms with Crippen LogP contribution >= 0.6 is 11.3 Å². The minimum absolute atomic E-state index is 0.192. The Morgan fingerprint density at radius 2 is 2.00 bits per heavy atom. The number of nitrogen functional groups attached to an aromatic ring is 1. The number of thiazole rings is 1. The first-order chi connectivity index (χ1) is 9.82. The molecule has 1 amide bonds. The minimum Gasteiger partial charge on any atom is -0.382 e. The van der Waals surface area contributed by atoms with Gasteiger partial charge in [0.15, 0.2) is 5.13 Å². The first-order valence-corrected chi connectivity index (χ1v) is 9.24. The molecule has 0 saturated carbocycles. The number of hydrogen-bond acceptors (Lipinski definition) is 7. The number of nitrogens with two attached hydrogens (primary N) is 1. The predicted molar refractivity (Wildman–Crippen MR) is 83.0 cm³/mol. The Balaban J connectivity index is 2.05. The van der Waals surface area contributed by atoms with Gasteiger partial charge in [-0.2, -0.15) is 4.31 Å². The molecule has 0 unspecified atom stereocenters. The lowest BCUT2D eigenvalue weighted by atomic mass is 10.3. The van der Waals surface area contributed by atoms with E-state index in [1.807, 2.05) is 6.92 Å². The van der Waals surface area contributed by atoms with E-state index in [0.717, 1.165) is 0 Å². The van der Waals surface area contributed by atoms with E-state index in [0.29, 0.717) is 42.7 Å². The van der Waals surface area contributed by atoms with Gasteiger partial charge in [-0.25, -0.2) is 13.4 Å². The van der Waals surface area contributed by atoms with Crippen molar-refractivity contribution in [2.24, 2.45) is 0 Å². The predicted octanol–water partition coefficient (Wildman–Crippen LogP) is -0.125. The van der Waals surface area contributed by atoms with Crippen molar-refractivity contribution >= 4 is 38.2 Å². The van der Waals surface area contributed by atoms with Crippen molar-refractivity contribution < 1.29 is 13.2 Å². The highest BCUT2D eigenvalue weighted by Crippen LogP contribution is 2.26. The SMILES string of the molecule is CCNc1nc(N)c(C(=O)N2CCN(S(C)(=O)=O)CC2)s1. The quantitative estimate of drug-likeness (QED) is 0.795. The molecule has 2 heterocycles. The molecule has 21 heavy (non-hydrogen) atoms. The molecule has 1 aromatic rings. The van der Waals surface area contributed by atoms with Crippen molar-refractivity contribution in [3.63, 3.8) is 0 Å². The van der Waals surface area contributed by atoms with Gasteiger partial charge in [-0.1, -0.05) is 11.3 Å². The van der Waals surface area contributed by atoms with Crippen LogP contribution in [-0.2, 0) is 10.0 Å². The Kier molecular flexibility index (Phi) is 4.69. The summed E-state index contributed by atoms with van der Waals surface area (Å²) in [5, 5.41) is 3.64. The molecular weight excluding hydrogens is 314 g/mol. The fourth-order valence-electron chi connectivity index (χ4n) is 2.08. The molecule has 0 atom stereocenters. The Morgan fingerprint density at radius 3 is 2.52 bits per heavy atom. The molecule has 0 spiro atoms. The molecule has 1 fully saturated rings. The summed E-state index contributed by atoms with van der Waals surface area (Å²) in [7, 11) is -3.20. The summed E-state index contributed by atoms with van der Waals surface area (Å²) in [6, 6.07) is 0. The van der Waals surface area contributed by atoms with Crippen LogP contribution in [0, 0.1) is 0 Å². The van der Waals surface area contributed by atoms with Gasteiger partial charge in [0.1, 0.15) is 10.7 Å².